The number of likely N-dealkylation sites (N-methyl/N-ethyl adjacent to an activating group) is 1. The van der Waals surface area contributed by atoms with Crippen LogP contribution in [-0.2, 0) is 0 Å². The van der Waals surface area contributed by atoms with Gasteiger partial charge in [0.15, 0.2) is 6.00 Å². The third-order valence-electron chi connectivity index (χ3n) is 5.08. The van der Waals surface area contributed by atoms with Gasteiger partial charge in [-0.15, -0.1) is 11.3 Å². The van der Waals surface area contributed by atoms with Crippen LogP contribution in [0.5, 0.6) is 0 Å². The molecule has 1 N–H and O–H groups in total. The van der Waals surface area contributed by atoms with Crippen LogP contribution in [0.4, 0.5) is 10.7 Å². The SMILES string of the molecule is Cc1cc2c(s1)Nc1ccccc1C=C2N1CC[N+](C)(CCl)CC1.[Cl-]. The summed E-state index contributed by atoms with van der Waals surface area (Å²) in [7, 11) is 2.25. The second-order valence-corrected chi connectivity index (χ2v) is 8.51. The maximum absolute atomic E-state index is 6.16. The average molecular weight is 396 g/mol. The summed E-state index contributed by atoms with van der Waals surface area (Å²) in [5, 5.41) is 4.89. The lowest BCUT2D eigenvalue weighted by Crippen LogP contribution is -3.00. The highest BCUT2D eigenvalue weighted by molar-refractivity contribution is 7.16. The van der Waals surface area contributed by atoms with E-state index < -0.39 is 0 Å². The van der Waals surface area contributed by atoms with E-state index in [0.717, 1.165) is 30.7 Å². The standard InChI is InChI=1S/C19H23ClN3S.ClH/c1-14-11-16-18(22-7-9-23(2,13-20)10-8-22)12-15-5-3-4-6-17(15)21-19(16)24-14;/h3-6,11-12,21H,7-10,13H2,1-2H3;1H/q+1;/p-1. The Balaban J connectivity index is 0.00000182. The summed E-state index contributed by atoms with van der Waals surface area (Å²) in [5.41, 5.74) is 5.12. The number of quaternary nitrogens is 1. The first-order valence-electron chi connectivity index (χ1n) is 8.41. The van der Waals surface area contributed by atoms with Gasteiger partial charge in [0.2, 0.25) is 0 Å². The second kappa shape index (κ2) is 7.20. The monoisotopic (exact) mass is 395 g/mol. The number of nitrogens with zero attached hydrogens (tertiary/aromatic N) is 2. The number of hydrogen-bond acceptors (Lipinski definition) is 3. The van der Waals surface area contributed by atoms with Gasteiger partial charge >= 0.3 is 0 Å². The lowest BCUT2D eigenvalue weighted by molar-refractivity contribution is -0.902. The number of benzene rings is 1. The van der Waals surface area contributed by atoms with E-state index in [4.69, 9.17) is 11.6 Å². The van der Waals surface area contributed by atoms with E-state index in [2.05, 4.69) is 60.6 Å². The molecule has 0 atom stereocenters. The van der Waals surface area contributed by atoms with Crippen molar-refractivity contribution in [1.29, 1.82) is 0 Å². The fourth-order valence-corrected chi connectivity index (χ4v) is 4.62. The van der Waals surface area contributed by atoms with Crippen LogP contribution in [-0.4, -0.2) is 48.6 Å². The zero-order valence-corrected chi connectivity index (χ0v) is 16.9. The third-order valence-corrected chi connectivity index (χ3v) is 6.62. The molecule has 134 valence electrons. The van der Waals surface area contributed by atoms with Gasteiger partial charge in [0.05, 0.1) is 33.2 Å². The number of halogens is 2. The van der Waals surface area contributed by atoms with Gasteiger partial charge in [0.1, 0.15) is 5.00 Å². The second-order valence-electron chi connectivity index (χ2n) is 7.01. The molecule has 3 nitrogen and oxygen atoms in total. The van der Waals surface area contributed by atoms with Gasteiger partial charge in [0.25, 0.3) is 0 Å². The van der Waals surface area contributed by atoms with Crippen molar-refractivity contribution in [1.82, 2.24) is 4.90 Å². The van der Waals surface area contributed by atoms with Gasteiger partial charge < -0.3 is 27.1 Å². The summed E-state index contributed by atoms with van der Waals surface area (Å²) >= 11 is 8.00. The van der Waals surface area contributed by atoms with Crippen LogP contribution in [0.25, 0.3) is 11.8 Å². The van der Waals surface area contributed by atoms with Crippen molar-refractivity contribution in [3.05, 3.63) is 46.3 Å². The van der Waals surface area contributed by atoms with Crippen molar-refractivity contribution in [2.24, 2.45) is 0 Å². The molecule has 2 aliphatic heterocycles. The fraction of sp³-hybridized carbons (Fsp3) is 0.368. The van der Waals surface area contributed by atoms with Gasteiger partial charge in [-0.1, -0.05) is 29.8 Å². The summed E-state index contributed by atoms with van der Waals surface area (Å²) in [5.74, 6) is 0. The molecule has 0 radical (unpaired) electrons. The minimum absolute atomic E-state index is 0. The Morgan fingerprint density at radius 3 is 2.68 bits per heavy atom. The molecular formula is C19H23Cl2N3S. The quantitative estimate of drug-likeness (QED) is 0.471. The summed E-state index contributed by atoms with van der Waals surface area (Å²) in [4.78, 5) is 3.87. The first kappa shape index (κ1) is 18.6. The normalized spacial score (nSPS) is 18.2. The number of rotatable bonds is 2. The van der Waals surface area contributed by atoms with Gasteiger partial charge in [-0.05, 0) is 25.1 Å². The van der Waals surface area contributed by atoms with Crippen LogP contribution in [0.1, 0.15) is 16.0 Å². The Labute approximate surface area is 164 Å². The van der Waals surface area contributed by atoms with Crippen molar-refractivity contribution in [3.8, 4) is 0 Å². The number of para-hydroxylation sites is 1. The number of nitrogens with one attached hydrogen (secondary N) is 1. The molecule has 0 saturated carbocycles. The Morgan fingerprint density at radius 1 is 1.24 bits per heavy atom. The van der Waals surface area contributed by atoms with Crippen LogP contribution in [0.15, 0.2) is 30.3 Å². The fourth-order valence-electron chi connectivity index (χ4n) is 3.45. The van der Waals surface area contributed by atoms with Crippen LogP contribution < -0.4 is 17.7 Å². The Kier molecular flexibility index (Phi) is 5.35. The third kappa shape index (κ3) is 3.54. The maximum Gasteiger partial charge on any atom is 0.154 e. The van der Waals surface area contributed by atoms with E-state index in [0.29, 0.717) is 6.00 Å². The van der Waals surface area contributed by atoms with Crippen LogP contribution in [0, 0.1) is 6.92 Å². The molecule has 0 amide bonds. The van der Waals surface area contributed by atoms with Gasteiger partial charge in [-0.3, -0.25) is 0 Å². The Bertz CT molecular complexity index is 792. The lowest BCUT2D eigenvalue weighted by Gasteiger charge is -2.42. The van der Waals surface area contributed by atoms with Crippen molar-refractivity contribution >= 4 is 45.4 Å². The summed E-state index contributed by atoms with van der Waals surface area (Å²) < 4.78 is 0.954. The first-order valence-corrected chi connectivity index (χ1v) is 9.76. The highest BCUT2D eigenvalue weighted by Crippen LogP contribution is 2.41. The minimum atomic E-state index is 0. The van der Waals surface area contributed by atoms with Crippen LogP contribution in [0.3, 0.4) is 0 Å². The van der Waals surface area contributed by atoms with Crippen molar-refractivity contribution in [2.45, 2.75) is 6.92 Å². The molecule has 25 heavy (non-hydrogen) atoms. The molecule has 3 heterocycles. The molecule has 4 rings (SSSR count). The van der Waals surface area contributed by atoms with Crippen molar-refractivity contribution in [3.63, 3.8) is 0 Å². The topological polar surface area (TPSA) is 15.3 Å². The summed E-state index contributed by atoms with van der Waals surface area (Å²) in [6.07, 6.45) is 2.34. The molecular weight excluding hydrogens is 373 g/mol. The van der Waals surface area contributed by atoms with Gasteiger partial charge in [-0.2, -0.15) is 0 Å². The average Bonchev–Trinajstić information content (AvgIpc) is 2.88. The largest absolute Gasteiger partial charge is 1.00 e. The first-order chi connectivity index (χ1) is 11.6. The predicted octanol–water partition coefficient (Wildman–Crippen LogP) is 1.57. The van der Waals surface area contributed by atoms with E-state index >= 15 is 0 Å². The zero-order chi connectivity index (χ0) is 16.7. The van der Waals surface area contributed by atoms with Gasteiger partial charge in [-0.25, -0.2) is 0 Å². The molecule has 2 aliphatic rings. The number of aryl methyl sites for hydroxylation is 1. The number of piperazine rings is 1. The number of fused-ring (bicyclic) bond motifs is 2. The number of alkyl halides is 1. The summed E-state index contributed by atoms with van der Waals surface area (Å²) in [6, 6.07) is 11.6. The predicted molar refractivity (Wildman–Crippen MR) is 105 cm³/mol. The molecule has 0 aliphatic carbocycles. The molecule has 1 saturated heterocycles. The highest BCUT2D eigenvalue weighted by Gasteiger charge is 2.30. The summed E-state index contributed by atoms with van der Waals surface area (Å²) in [6.45, 7) is 6.46. The number of anilines is 2. The van der Waals surface area contributed by atoms with Crippen LogP contribution >= 0.6 is 22.9 Å². The van der Waals surface area contributed by atoms with E-state index in [1.54, 1.807) is 0 Å². The van der Waals surface area contributed by atoms with E-state index in [-0.39, 0.29) is 12.4 Å². The molecule has 2 aromatic rings. The molecule has 0 bridgehead atoms. The maximum atomic E-state index is 6.16. The zero-order valence-electron chi connectivity index (χ0n) is 14.6. The Morgan fingerprint density at radius 2 is 1.96 bits per heavy atom. The highest BCUT2D eigenvalue weighted by atomic mass is 35.5. The molecule has 6 heteroatoms. The van der Waals surface area contributed by atoms with Crippen LogP contribution in [0.2, 0.25) is 0 Å². The molecule has 1 aromatic heterocycles. The van der Waals surface area contributed by atoms with Gasteiger partial charge in [0, 0.05) is 27.4 Å². The van der Waals surface area contributed by atoms with Crippen molar-refractivity contribution in [2.75, 3.05) is 44.5 Å². The smallest absolute Gasteiger partial charge is 0.154 e. The molecule has 1 fully saturated rings. The lowest BCUT2D eigenvalue weighted by atomic mass is 10.1. The van der Waals surface area contributed by atoms with E-state index in [9.17, 15) is 0 Å². The number of thiophene rings is 1. The minimum Gasteiger partial charge on any atom is -1.00 e. The van der Waals surface area contributed by atoms with Crippen molar-refractivity contribution < 1.29 is 16.9 Å². The van der Waals surface area contributed by atoms with E-state index in [1.165, 1.54) is 32.4 Å². The Hall–Kier alpha value is -1.20. The molecule has 0 unspecified atom stereocenters. The number of hydrogen-bond donors (Lipinski definition) is 1. The molecule has 0 spiro atoms. The molecule has 1 aromatic carbocycles. The van der Waals surface area contributed by atoms with E-state index in [1.807, 2.05) is 11.3 Å².